The lowest BCUT2D eigenvalue weighted by Gasteiger charge is -2.07. The Kier molecular flexibility index (Phi) is 1.82. The molecule has 0 unspecified atom stereocenters. The molecule has 0 saturated heterocycles. The van der Waals surface area contributed by atoms with E-state index in [9.17, 15) is 12.3 Å². The molecule has 0 aromatic rings. The van der Waals surface area contributed by atoms with Gasteiger partial charge in [0.05, 0.1) is 0 Å². The van der Waals surface area contributed by atoms with Gasteiger partial charge >= 0.3 is 9.24 Å². The maximum Gasteiger partial charge on any atom is 0.718 e. The molecule has 0 spiro atoms. The summed E-state index contributed by atoms with van der Waals surface area (Å²) in [4.78, 5) is 0. The summed E-state index contributed by atoms with van der Waals surface area (Å²) in [6.45, 7) is 0. The molecule has 44 valence electrons. The standard InChI is InChI=1S/C2H6F3NSi/c1-6(2)7(3,4)5/h1-2H3. The smallest absolute Gasteiger partial charge is 0.252 e. The molecule has 7 heavy (non-hydrogen) atoms. The van der Waals surface area contributed by atoms with Crippen LogP contribution in [0.25, 0.3) is 0 Å². The van der Waals surface area contributed by atoms with E-state index in [0.717, 1.165) is 14.1 Å². The highest BCUT2D eigenvalue weighted by molar-refractivity contribution is 6.55. The van der Waals surface area contributed by atoms with Gasteiger partial charge in [0, 0.05) is 0 Å². The van der Waals surface area contributed by atoms with Gasteiger partial charge in [0.1, 0.15) is 0 Å². The van der Waals surface area contributed by atoms with E-state index in [1.54, 1.807) is 0 Å². The van der Waals surface area contributed by atoms with Crippen LogP contribution in [0.15, 0.2) is 0 Å². The number of halogens is 3. The second-order valence-corrected chi connectivity index (χ2v) is 3.19. The molecule has 0 aromatic heterocycles. The normalized spacial score (nSPS) is 12.9. The predicted molar refractivity (Wildman–Crippen MR) is 22.8 cm³/mol. The first kappa shape index (κ1) is 6.97. The lowest BCUT2D eigenvalue weighted by molar-refractivity contribution is 0.343. The van der Waals surface area contributed by atoms with Crippen molar-refractivity contribution in [1.82, 2.24) is 4.57 Å². The lowest BCUT2D eigenvalue weighted by atomic mass is 11.3. The highest BCUT2D eigenvalue weighted by atomic mass is 28.5. The third kappa shape index (κ3) is 2.64. The monoisotopic (exact) mass is 129 g/mol. The van der Waals surface area contributed by atoms with Crippen molar-refractivity contribution in [1.29, 1.82) is 0 Å². The quantitative estimate of drug-likeness (QED) is 0.375. The first-order chi connectivity index (χ1) is 2.94. The van der Waals surface area contributed by atoms with Gasteiger partial charge in [-0.05, 0) is 14.1 Å². The minimum absolute atomic E-state index is 0.326. The number of hydrogen-bond donors (Lipinski definition) is 0. The molecule has 0 saturated carbocycles. The molecule has 0 atom stereocenters. The summed E-state index contributed by atoms with van der Waals surface area (Å²) in [7, 11) is -3.36. The highest BCUT2D eigenvalue weighted by Crippen LogP contribution is 2.08. The predicted octanol–water partition coefficient (Wildman–Crippen LogP) is 0.892. The van der Waals surface area contributed by atoms with Gasteiger partial charge in [0.2, 0.25) is 0 Å². The zero-order valence-electron chi connectivity index (χ0n) is 4.08. The maximum atomic E-state index is 11.2. The average molecular weight is 129 g/mol. The summed E-state index contributed by atoms with van der Waals surface area (Å²) in [5, 5.41) is 0. The summed E-state index contributed by atoms with van der Waals surface area (Å²) in [6.07, 6.45) is 0. The molecular weight excluding hydrogens is 123 g/mol. The fourth-order valence-corrected chi connectivity index (χ4v) is 0. The van der Waals surface area contributed by atoms with E-state index in [1.807, 2.05) is 0 Å². The van der Waals surface area contributed by atoms with Crippen molar-refractivity contribution in [3.05, 3.63) is 0 Å². The van der Waals surface area contributed by atoms with E-state index in [4.69, 9.17) is 0 Å². The van der Waals surface area contributed by atoms with Crippen LogP contribution in [-0.2, 0) is 0 Å². The van der Waals surface area contributed by atoms with E-state index in [-0.39, 0.29) is 0 Å². The Morgan fingerprint density at radius 3 is 1.29 bits per heavy atom. The van der Waals surface area contributed by atoms with E-state index in [0.29, 0.717) is 4.57 Å². The van der Waals surface area contributed by atoms with Gasteiger partial charge < -0.3 is 0 Å². The van der Waals surface area contributed by atoms with E-state index in [1.165, 1.54) is 0 Å². The SMILES string of the molecule is CN(C)[Si](F)(F)F. The topological polar surface area (TPSA) is 3.24 Å². The van der Waals surface area contributed by atoms with Crippen LogP contribution in [0.2, 0.25) is 0 Å². The molecule has 0 aliphatic heterocycles. The second-order valence-electron chi connectivity index (χ2n) is 1.36. The Hall–Kier alpha value is -0.0331. The summed E-state index contributed by atoms with van der Waals surface area (Å²) < 4.78 is 34.1. The number of rotatable bonds is 1. The Labute approximate surface area is 41.3 Å². The first-order valence-electron chi connectivity index (χ1n) is 1.68. The molecule has 0 N–H and O–H groups in total. The Bertz CT molecular complexity index is 58.4. The summed E-state index contributed by atoms with van der Waals surface area (Å²) in [5.74, 6) is 0. The van der Waals surface area contributed by atoms with Gasteiger partial charge in [-0.3, -0.25) is 4.57 Å². The molecule has 0 heterocycles. The third-order valence-electron chi connectivity index (χ3n) is 0.507. The van der Waals surface area contributed by atoms with Crippen LogP contribution in [0.3, 0.4) is 0 Å². The lowest BCUT2D eigenvalue weighted by Crippen LogP contribution is -2.36. The van der Waals surface area contributed by atoms with Crippen molar-refractivity contribution in [3.63, 3.8) is 0 Å². The molecule has 0 rings (SSSR count). The minimum Gasteiger partial charge on any atom is -0.252 e. The van der Waals surface area contributed by atoms with Gasteiger partial charge in [0.25, 0.3) is 0 Å². The van der Waals surface area contributed by atoms with E-state index < -0.39 is 9.24 Å². The van der Waals surface area contributed by atoms with Crippen molar-refractivity contribution >= 4 is 9.24 Å². The van der Waals surface area contributed by atoms with Crippen LogP contribution in [0, 0.1) is 0 Å². The van der Waals surface area contributed by atoms with Crippen molar-refractivity contribution < 1.29 is 12.3 Å². The fourth-order valence-electron chi connectivity index (χ4n) is 0. The van der Waals surface area contributed by atoms with Gasteiger partial charge in [-0.15, -0.1) is 0 Å². The molecule has 0 aromatic carbocycles. The number of hydrogen-bond acceptors (Lipinski definition) is 1. The zero-order valence-corrected chi connectivity index (χ0v) is 5.08. The van der Waals surface area contributed by atoms with E-state index in [2.05, 4.69) is 0 Å². The van der Waals surface area contributed by atoms with Crippen LogP contribution in [-0.4, -0.2) is 27.9 Å². The maximum absolute atomic E-state index is 11.2. The van der Waals surface area contributed by atoms with Gasteiger partial charge in [-0.25, -0.2) is 12.3 Å². The minimum atomic E-state index is -5.40. The molecule has 1 nitrogen and oxygen atoms in total. The van der Waals surface area contributed by atoms with Crippen LogP contribution in [0.4, 0.5) is 12.3 Å². The van der Waals surface area contributed by atoms with Crippen LogP contribution in [0.1, 0.15) is 0 Å². The van der Waals surface area contributed by atoms with Crippen LogP contribution in [0.5, 0.6) is 0 Å². The molecule has 0 aliphatic rings. The van der Waals surface area contributed by atoms with Crippen molar-refractivity contribution in [2.45, 2.75) is 0 Å². The summed E-state index contributed by atoms with van der Waals surface area (Å²) in [6, 6.07) is 0. The molecule has 5 heteroatoms. The molecule has 0 radical (unpaired) electrons. The van der Waals surface area contributed by atoms with Crippen molar-refractivity contribution in [2.75, 3.05) is 14.1 Å². The van der Waals surface area contributed by atoms with Gasteiger partial charge in [-0.2, -0.15) is 0 Å². The Morgan fingerprint density at radius 2 is 1.29 bits per heavy atom. The molecule has 0 amide bonds. The molecule has 0 bridgehead atoms. The van der Waals surface area contributed by atoms with Crippen LogP contribution >= 0.6 is 0 Å². The fraction of sp³-hybridized carbons (Fsp3) is 1.00. The molecule has 0 fully saturated rings. The van der Waals surface area contributed by atoms with Crippen LogP contribution < -0.4 is 0 Å². The Balaban J connectivity index is 3.54. The van der Waals surface area contributed by atoms with Crippen molar-refractivity contribution in [2.24, 2.45) is 0 Å². The van der Waals surface area contributed by atoms with Gasteiger partial charge in [0.15, 0.2) is 0 Å². The Morgan fingerprint density at radius 1 is 1.14 bits per heavy atom. The van der Waals surface area contributed by atoms with E-state index >= 15 is 0 Å². The highest BCUT2D eigenvalue weighted by Gasteiger charge is 2.41. The summed E-state index contributed by atoms with van der Waals surface area (Å²) in [5.41, 5.74) is 0. The third-order valence-corrected chi connectivity index (χ3v) is 1.52. The summed E-state index contributed by atoms with van der Waals surface area (Å²) >= 11 is 0. The molecule has 0 aliphatic carbocycles. The first-order valence-corrected chi connectivity index (χ1v) is 3.27. The zero-order chi connectivity index (χ0) is 6.08. The molecular formula is C2H6F3NSi. The average Bonchev–Trinajstić information content (AvgIpc) is 1.31. The van der Waals surface area contributed by atoms with Crippen molar-refractivity contribution in [3.8, 4) is 0 Å². The second kappa shape index (κ2) is 1.83. The van der Waals surface area contributed by atoms with Gasteiger partial charge in [-0.1, -0.05) is 0 Å². The number of nitrogens with zero attached hydrogens (tertiary/aromatic N) is 1. The largest absolute Gasteiger partial charge is 0.718 e.